The van der Waals surface area contributed by atoms with E-state index in [-0.39, 0.29) is 17.6 Å². The third-order valence-electron chi connectivity index (χ3n) is 4.42. The van der Waals surface area contributed by atoms with E-state index in [1.165, 1.54) is 0 Å². The molecule has 0 saturated heterocycles. The van der Waals surface area contributed by atoms with Gasteiger partial charge in [0.25, 0.3) is 0 Å². The van der Waals surface area contributed by atoms with Gasteiger partial charge in [-0.3, -0.25) is 9.59 Å². The molecular weight excluding hydrogens is 356 g/mol. The summed E-state index contributed by atoms with van der Waals surface area (Å²) < 4.78 is 5.37. The van der Waals surface area contributed by atoms with E-state index < -0.39 is 12.1 Å². The van der Waals surface area contributed by atoms with Crippen molar-refractivity contribution in [1.82, 2.24) is 4.98 Å². The molecule has 0 saturated carbocycles. The molecule has 0 aliphatic carbocycles. The zero-order valence-electron chi connectivity index (χ0n) is 16.0. The molecule has 0 radical (unpaired) electrons. The van der Waals surface area contributed by atoms with E-state index in [4.69, 9.17) is 4.74 Å². The van der Waals surface area contributed by atoms with Gasteiger partial charge in [-0.05, 0) is 37.3 Å². The number of hydrogen-bond donors (Lipinski definition) is 2. The number of nitrogens with one attached hydrogen (secondary N) is 2. The van der Waals surface area contributed by atoms with Gasteiger partial charge in [0.1, 0.15) is 0 Å². The number of carbonyl (C=O) groups excluding carboxylic acids is 3. The first kappa shape index (κ1) is 19.4. The molecule has 0 aliphatic rings. The van der Waals surface area contributed by atoms with E-state index in [9.17, 15) is 14.4 Å². The fraction of sp³-hybridized carbons (Fsp3) is 0.227. The minimum Gasteiger partial charge on any atom is -0.451 e. The lowest BCUT2D eigenvalue weighted by Crippen LogP contribution is -2.24. The smallest absolute Gasteiger partial charge is 0.341 e. The average molecular weight is 378 g/mol. The van der Waals surface area contributed by atoms with Crippen LogP contribution in [0.25, 0.3) is 10.9 Å². The minimum atomic E-state index is -0.933. The number of esters is 1. The Morgan fingerprint density at radius 3 is 2.32 bits per heavy atom. The van der Waals surface area contributed by atoms with Crippen molar-refractivity contribution >= 4 is 34.3 Å². The first-order valence-electron chi connectivity index (χ1n) is 9.09. The standard InChI is InChI=1S/C22H22N2O4/c1-13(2)21(26)24-16-10-8-15(9-11-16)20(25)14(3)28-22(27)18-12-23-19-7-5-4-6-17(18)19/h4-14,23H,1-3H3,(H,24,26)/t14-/m1/s1. The van der Waals surface area contributed by atoms with Gasteiger partial charge in [-0.1, -0.05) is 32.0 Å². The van der Waals surface area contributed by atoms with Gasteiger partial charge in [-0.25, -0.2) is 4.79 Å². The van der Waals surface area contributed by atoms with Crippen LogP contribution in [0.3, 0.4) is 0 Å². The molecule has 0 fully saturated rings. The highest BCUT2D eigenvalue weighted by Crippen LogP contribution is 2.20. The highest BCUT2D eigenvalue weighted by molar-refractivity contribution is 6.06. The highest BCUT2D eigenvalue weighted by Gasteiger charge is 2.22. The maximum absolute atomic E-state index is 12.6. The SMILES string of the molecule is CC(C)C(=O)Nc1ccc(C(=O)[C@@H](C)OC(=O)c2c[nH]c3ccccc23)cc1. The van der Waals surface area contributed by atoms with E-state index in [1.54, 1.807) is 51.2 Å². The minimum absolute atomic E-state index is 0.0971. The second-order valence-corrected chi connectivity index (χ2v) is 6.88. The van der Waals surface area contributed by atoms with E-state index in [2.05, 4.69) is 10.3 Å². The Bertz CT molecular complexity index is 1020. The summed E-state index contributed by atoms with van der Waals surface area (Å²) in [6, 6.07) is 13.9. The van der Waals surface area contributed by atoms with E-state index in [0.717, 1.165) is 10.9 Å². The van der Waals surface area contributed by atoms with Crippen LogP contribution in [0.4, 0.5) is 5.69 Å². The van der Waals surface area contributed by atoms with Crippen LogP contribution in [0.15, 0.2) is 54.7 Å². The summed E-state index contributed by atoms with van der Waals surface area (Å²) in [5, 5.41) is 3.51. The fourth-order valence-corrected chi connectivity index (χ4v) is 2.76. The summed E-state index contributed by atoms with van der Waals surface area (Å²) in [5.74, 6) is -1.10. The van der Waals surface area contributed by atoms with Crippen molar-refractivity contribution < 1.29 is 19.1 Å². The number of para-hydroxylation sites is 1. The molecule has 3 aromatic rings. The molecule has 6 nitrogen and oxygen atoms in total. The predicted molar refractivity (Wildman–Crippen MR) is 107 cm³/mol. The van der Waals surface area contributed by atoms with Crippen LogP contribution in [0.2, 0.25) is 0 Å². The predicted octanol–water partition coefficient (Wildman–Crippen LogP) is 4.19. The third-order valence-corrected chi connectivity index (χ3v) is 4.42. The number of amides is 1. The number of aromatic amines is 1. The second kappa shape index (κ2) is 8.08. The summed E-state index contributed by atoms with van der Waals surface area (Å²) in [6.45, 7) is 5.15. The van der Waals surface area contributed by atoms with Gasteiger partial charge in [-0.2, -0.15) is 0 Å². The van der Waals surface area contributed by atoms with Crippen LogP contribution in [0.1, 0.15) is 41.5 Å². The summed E-state index contributed by atoms with van der Waals surface area (Å²) in [7, 11) is 0. The molecule has 144 valence electrons. The van der Waals surface area contributed by atoms with E-state index in [0.29, 0.717) is 16.8 Å². The maximum Gasteiger partial charge on any atom is 0.341 e. The van der Waals surface area contributed by atoms with Crippen molar-refractivity contribution in [2.45, 2.75) is 26.9 Å². The molecule has 28 heavy (non-hydrogen) atoms. The summed E-state index contributed by atoms with van der Waals surface area (Å²) in [4.78, 5) is 39.8. The largest absolute Gasteiger partial charge is 0.451 e. The Hall–Kier alpha value is -3.41. The molecule has 3 rings (SSSR count). The van der Waals surface area contributed by atoms with Gasteiger partial charge in [0.2, 0.25) is 11.7 Å². The van der Waals surface area contributed by atoms with Gasteiger partial charge < -0.3 is 15.0 Å². The lowest BCUT2D eigenvalue weighted by atomic mass is 10.1. The fourth-order valence-electron chi connectivity index (χ4n) is 2.76. The molecule has 2 aromatic carbocycles. The molecule has 1 amide bonds. The maximum atomic E-state index is 12.6. The van der Waals surface area contributed by atoms with Crippen molar-refractivity contribution in [3.05, 3.63) is 65.9 Å². The Labute approximate surface area is 162 Å². The van der Waals surface area contributed by atoms with E-state index in [1.807, 2.05) is 24.3 Å². The van der Waals surface area contributed by atoms with E-state index >= 15 is 0 Å². The lowest BCUT2D eigenvalue weighted by molar-refractivity contribution is -0.118. The molecule has 1 aromatic heterocycles. The lowest BCUT2D eigenvalue weighted by Gasteiger charge is -2.13. The van der Waals surface area contributed by atoms with Gasteiger partial charge in [0.15, 0.2) is 6.10 Å². The topological polar surface area (TPSA) is 88.3 Å². The molecule has 0 unspecified atom stereocenters. The number of aromatic nitrogens is 1. The summed E-state index contributed by atoms with van der Waals surface area (Å²) >= 11 is 0. The van der Waals surface area contributed by atoms with Gasteiger partial charge >= 0.3 is 5.97 Å². The summed E-state index contributed by atoms with van der Waals surface area (Å²) in [6.07, 6.45) is 0.647. The van der Waals surface area contributed by atoms with Crippen molar-refractivity contribution in [2.24, 2.45) is 5.92 Å². The number of ketones is 1. The highest BCUT2D eigenvalue weighted by atomic mass is 16.5. The van der Waals surface area contributed by atoms with Crippen LogP contribution in [-0.4, -0.2) is 28.7 Å². The molecule has 2 N–H and O–H groups in total. The Morgan fingerprint density at radius 2 is 1.64 bits per heavy atom. The van der Waals surface area contributed by atoms with Crippen molar-refractivity contribution in [1.29, 1.82) is 0 Å². The number of rotatable bonds is 6. The van der Waals surface area contributed by atoms with Crippen LogP contribution < -0.4 is 5.32 Å². The second-order valence-electron chi connectivity index (χ2n) is 6.88. The number of H-pyrrole nitrogens is 1. The number of Topliss-reactive ketones (excluding diaryl/α,β-unsaturated/α-hetero) is 1. The molecular formula is C22H22N2O4. The number of carbonyl (C=O) groups is 3. The third kappa shape index (κ3) is 4.11. The quantitative estimate of drug-likeness (QED) is 0.497. The molecule has 0 aliphatic heterocycles. The van der Waals surface area contributed by atoms with Gasteiger partial charge in [-0.15, -0.1) is 0 Å². The molecule has 0 bridgehead atoms. The molecule has 0 spiro atoms. The number of fused-ring (bicyclic) bond motifs is 1. The monoisotopic (exact) mass is 378 g/mol. The van der Waals surface area contributed by atoms with Crippen molar-refractivity contribution in [3.63, 3.8) is 0 Å². The average Bonchev–Trinajstić information content (AvgIpc) is 3.12. The van der Waals surface area contributed by atoms with Crippen LogP contribution in [0, 0.1) is 5.92 Å². The first-order valence-corrected chi connectivity index (χ1v) is 9.09. The van der Waals surface area contributed by atoms with Crippen LogP contribution in [-0.2, 0) is 9.53 Å². The molecule has 1 atom stereocenters. The van der Waals surface area contributed by atoms with Crippen LogP contribution in [0.5, 0.6) is 0 Å². The number of benzene rings is 2. The van der Waals surface area contributed by atoms with Gasteiger partial charge in [0, 0.05) is 34.3 Å². The number of ether oxygens (including phenoxy) is 1. The molecule has 6 heteroatoms. The van der Waals surface area contributed by atoms with Crippen molar-refractivity contribution in [3.8, 4) is 0 Å². The number of anilines is 1. The van der Waals surface area contributed by atoms with Crippen LogP contribution >= 0.6 is 0 Å². The van der Waals surface area contributed by atoms with Crippen molar-refractivity contribution in [2.75, 3.05) is 5.32 Å². The Morgan fingerprint density at radius 1 is 0.964 bits per heavy atom. The zero-order chi connectivity index (χ0) is 20.3. The summed E-state index contributed by atoms with van der Waals surface area (Å²) in [5.41, 5.74) is 2.23. The Kier molecular flexibility index (Phi) is 5.59. The number of hydrogen-bond acceptors (Lipinski definition) is 4. The first-order chi connectivity index (χ1) is 13.4. The Balaban J connectivity index is 1.67. The van der Waals surface area contributed by atoms with Gasteiger partial charge in [0.05, 0.1) is 5.56 Å². The zero-order valence-corrected chi connectivity index (χ0v) is 16.0. The normalized spacial score (nSPS) is 12.0. The molecule has 1 heterocycles.